The van der Waals surface area contributed by atoms with Gasteiger partial charge in [0.1, 0.15) is 6.04 Å². The van der Waals surface area contributed by atoms with E-state index in [1.54, 1.807) is 0 Å². The van der Waals surface area contributed by atoms with E-state index in [0.717, 1.165) is 13.1 Å². The zero-order chi connectivity index (χ0) is 10.6. The Morgan fingerprint density at radius 2 is 2.36 bits per heavy atom. The summed E-state index contributed by atoms with van der Waals surface area (Å²) in [5.74, 6) is -0.894. The van der Waals surface area contributed by atoms with Crippen molar-refractivity contribution in [2.45, 2.75) is 44.7 Å². The Kier molecular flexibility index (Phi) is 4.35. The van der Waals surface area contributed by atoms with Crippen molar-refractivity contribution in [3.05, 3.63) is 0 Å². The first kappa shape index (κ1) is 11.5. The first-order valence-electron chi connectivity index (χ1n) is 5.33. The predicted molar refractivity (Wildman–Crippen MR) is 55.1 cm³/mol. The van der Waals surface area contributed by atoms with Gasteiger partial charge in [0.05, 0.1) is 0 Å². The molecule has 3 N–H and O–H groups in total. The summed E-state index contributed by atoms with van der Waals surface area (Å²) in [7, 11) is 0. The van der Waals surface area contributed by atoms with Crippen LogP contribution in [0.5, 0.6) is 0 Å². The van der Waals surface area contributed by atoms with Gasteiger partial charge in [-0.15, -0.1) is 0 Å². The standard InChI is InChI=1S/C10H20N2O2/c1-8-4-2-3-6-12(8)7-5-9(11)10(13)14/h8-9H,2-7,11H2,1H3,(H,13,14). The van der Waals surface area contributed by atoms with Crippen molar-refractivity contribution in [1.82, 2.24) is 4.90 Å². The van der Waals surface area contributed by atoms with E-state index in [0.29, 0.717) is 12.5 Å². The zero-order valence-corrected chi connectivity index (χ0v) is 8.78. The second kappa shape index (κ2) is 5.32. The summed E-state index contributed by atoms with van der Waals surface area (Å²) in [4.78, 5) is 12.8. The summed E-state index contributed by atoms with van der Waals surface area (Å²) in [5.41, 5.74) is 5.45. The minimum absolute atomic E-state index is 0.555. The van der Waals surface area contributed by atoms with Crippen LogP contribution >= 0.6 is 0 Å². The Bertz CT molecular complexity index is 197. The molecule has 0 saturated carbocycles. The molecule has 0 aromatic carbocycles. The Balaban J connectivity index is 2.25. The Morgan fingerprint density at radius 3 is 2.93 bits per heavy atom. The summed E-state index contributed by atoms with van der Waals surface area (Å²) in [5, 5.41) is 8.63. The summed E-state index contributed by atoms with van der Waals surface area (Å²) >= 11 is 0. The molecule has 1 rings (SSSR count). The molecule has 4 heteroatoms. The highest BCUT2D eigenvalue weighted by Crippen LogP contribution is 2.16. The number of piperidine rings is 1. The van der Waals surface area contributed by atoms with Crippen LogP contribution < -0.4 is 5.73 Å². The third kappa shape index (κ3) is 3.27. The Labute approximate surface area is 85.1 Å². The largest absolute Gasteiger partial charge is 0.480 e. The van der Waals surface area contributed by atoms with Gasteiger partial charge in [-0.05, 0) is 32.7 Å². The van der Waals surface area contributed by atoms with Crippen LogP contribution in [0.2, 0.25) is 0 Å². The summed E-state index contributed by atoms with van der Waals surface area (Å²) < 4.78 is 0. The lowest BCUT2D eigenvalue weighted by Crippen LogP contribution is -2.41. The monoisotopic (exact) mass is 200 g/mol. The molecule has 0 radical (unpaired) electrons. The van der Waals surface area contributed by atoms with E-state index in [4.69, 9.17) is 10.8 Å². The van der Waals surface area contributed by atoms with E-state index in [1.807, 2.05) is 0 Å². The van der Waals surface area contributed by atoms with E-state index >= 15 is 0 Å². The van der Waals surface area contributed by atoms with Crippen molar-refractivity contribution in [3.8, 4) is 0 Å². The predicted octanol–water partition coefficient (Wildman–Crippen LogP) is 0.663. The van der Waals surface area contributed by atoms with Crippen molar-refractivity contribution < 1.29 is 9.90 Å². The van der Waals surface area contributed by atoms with Gasteiger partial charge in [0.15, 0.2) is 0 Å². The molecule has 0 aromatic rings. The molecule has 1 aliphatic rings. The Hall–Kier alpha value is -0.610. The fraction of sp³-hybridized carbons (Fsp3) is 0.900. The topological polar surface area (TPSA) is 66.6 Å². The molecule has 1 aliphatic heterocycles. The number of carbonyl (C=O) groups is 1. The third-order valence-corrected chi connectivity index (χ3v) is 2.99. The molecule has 0 spiro atoms. The smallest absolute Gasteiger partial charge is 0.320 e. The number of likely N-dealkylation sites (tertiary alicyclic amines) is 1. The molecule has 14 heavy (non-hydrogen) atoms. The van der Waals surface area contributed by atoms with Gasteiger partial charge in [-0.1, -0.05) is 6.42 Å². The number of carboxylic acids is 1. The van der Waals surface area contributed by atoms with Gasteiger partial charge >= 0.3 is 5.97 Å². The van der Waals surface area contributed by atoms with Crippen molar-refractivity contribution in [1.29, 1.82) is 0 Å². The fourth-order valence-electron chi connectivity index (χ4n) is 1.92. The van der Waals surface area contributed by atoms with Crippen molar-refractivity contribution in [2.24, 2.45) is 5.73 Å². The van der Waals surface area contributed by atoms with Crippen LogP contribution in [-0.2, 0) is 4.79 Å². The van der Waals surface area contributed by atoms with Crippen LogP contribution in [0.3, 0.4) is 0 Å². The molecule has 4 nitrogen and oxygen atoms in total. The van der Waals surface area contributed by atoms with E-state index in [9.17, 15) is 4.79 Å². The second-order valence-electron chi connectivity index (χ2n) is 4.11. The third-order valence-electron chi connectivity index (χ3n) is 2.99. The molecule has 0 amide bonds. The van der Waals surface area contributed by atoms with E-state index < -0.39 is 12.0 Å². The zero-order valence-electron chi connectivity index (χ0n) is 8.78. The van der Waals surface area contributed by atoms with Gasteiger partial charge in [-0.25, -0.2) is 0 Å². The van der Waals surface area contributed by atoms with Crippen LogP contribution in [0, 0.1) is 0 Å². The van der Waals surface area contributed by atoms with Gasteiger partial charge in [0.2, 0.25) is 0 Å². The first-order chi connectivity index (χ1) is 6.61. The maximum Gasteiger partial charge on any atom is 0.320 e. The van der Waals surface area contributed by atoms with E-state index in [2.05, 4.69) is 11.8 Å². The number of rotatable bonds is 4. The molecule has 0 bridgehead atoms. The molecule has 0 aromatic heterocycles. The summed E-state index contributed by atoms with van der Waals surface area (Å²) in [6.07, 6.45) is 4.30. The molecule has 1 fully saturated rings. The number of hydrogen-bond acceptors (Lipinski definition) is 3. The number of nitrogens with zero attached hydrogens (tertiary/aromatic N) is 1. The highest BCUT2D eigenvalue weighted by molar-refractivity contribution is 5.72. The van der Waals surface area contributed by atoms with Crippen LogP contribution in [0.25, 0.3) is 0 Å². The SMILES string of the molecule is CC1CCCCN1CCC(N)C(=O)O. The van der Waals surface area contributed by atoms with Crippen LogP contribution in [-0.4, -0.2) is 41.1 Å². The van der Waals surface area contributed by atoms with Crippen molar-refractivity contribution in [2.75, 3.05) is 13.1 Å². The van der Waals surface area contributed by atoms with Crippen molar-refractivity contribution in [3.63, 3.8) is 0 Å². The molecule has 0 aliphatic carbocycles. The van der Waals surface area contributed by atoms with Crippen LogP contribution in [0.15, 0.2) is 0 Å². The highest BCUT2D eigenvalue weighted by Gasteiger charge is 2.20. The summed E-state index contributed by atoms with van der Waals surface area (Å²) in [6, 6.07) is -0.117. The van der Waals surface area contributed by atoms with Gasteiger partial charge in [0.25, 0.3) is 0 Å². The normalized spacial score (nSPS) is 26.0. The first-order valence-corrected chi connectivity index (χ1v) is 5.33. The molecule has 82 valence electrons. The molecular weight excluding hydrogens is 180 g/mol. The lowest BCUT2D eigenvalue weighted by Gasteiger charge is -2.33. The van der Waals surface area contributed by atoms with Gasteiger partial charge in [-0.2, -0.15) is 0 Å². The maximum absolute atomic E-state index is 10.5. The average Bonchev–Trinajstić information content (AvgIpc) is 2.16. The molecular formula is C10H20N2O2. The highest BCUT2D eigenvalue weighted by atomic mass is 16.4. The van der Waals surface area contributed by atoms with Crippen molar-refractivity contribution >= 4 is 5.97 Å². The number of carboxylic acid groups (broad SMARTS) is 1. The fourth-order valence-corrected chi connectivity index (χ4v) is 1.92. The van der Waals surface area contributed by atoms with E-state index in [-0.39, 0.29) is 0 Å². The van der Waals surface area contributed by atoms with Gasteiger partial charge in [0, 0.05) is 12.6 Å². The number of aliphatic carboxylic acids is 1. The lowest BCUT2D eigenvalue weighted by atomic mass is 10.0. The minimum Gasteiger partial charge on any atom is -0.480 e. The Morgan fingerprint density at radius 1 is 1.64 bits per heavy atom. The summed E-state index contributed by atoms with van der Waals surface area (Å²) in [6.45, 7) is 4.10. The molecule has 2 atom stereocenters. The molecule has 2 unspecified atom stereocenters. The van der Waals surface area contributed by atoms with E-state index in [1.165, 1.54) is 19.3 Å². The number of hydrogen-bond donors (Lipinski definition) is 2. The van der Waals surface area contributed by atoms with Gasteiger partial charge in [-0.3, -0.25) is 4.79 Å². The second-order valence-corrected chi connectivity index (χ2v) is 4.11. The molecule has 1 heterocycles. The maximum atomic E-state index is 10.5. The van der Waals surface area contributed by atoms with Crippen LogP contribution in [0.4, 0.5) is 0 Å². The minimum atomic E-state index is -0.894. The van der Waals surface area contributed by atoms with Crippen LogP contribution in [0.1, 0.15) is 32.6 Å². The molecule has 1 saturated heterocycles. The lowest BCUT2D eigenvalue weighted by molar-refractivity contribution is -0.138. The van der Waals surface area contributed by atoms with Gasteiger partial charge < -0.3 is 15.7 Å². The quantitative estimate of drug-likeness (QED) is 0.699. The number of nitrogens with two attached hydrogens (primary N) is 1. The average molecular weight is 200 g/mol.